The largest absolute Gasteiger partial charge is 0.393 e. The van der Waals surface area contributed by atoms with E-state index in [1.807, 2.05) is 17.9 Å². The molecule has 1 fully saturated rings. The molecule has 1 heterocycles. The summed E-state index contributed by atoms with van der Waals surface area (Å²) in [5.74, 6) is -0.226. The second-order valence-corrected chi connectivity index (χ2v) is 4.68. The number of para-hydroxylation sites is 1. The van der Waals surface area contributed by atoms with Crippen LogP contribution in [0, 0.1) is 5.82 Å². The van der Waals surface area contributed by atoms with E-state index in [0.29, 0.717) is 31.6 Å². The first-order chi connectivity index (χ1) is 8.09. The van der Waals surface area contributed by atoms with Gasteiger partial charge in [0.2, 0.25) is 0 Å². The van der Waals surface area contributed by atoms with Gasteiger partial charge in [-0.1, -0.05) is 12.1 Å². The molecule has 0 bridgehead atoms. The van der Waals surface area contributed by atoms with E-state index in [4.69, 9.17) is 5.73 Å². The molecule has 1 unspecified atom stereocenters. The van der Waals surface area contributed by atoms with Gasteiger partial charge in [-0.15, -0.1) is 0 Å². The highest BCUT2D eigenvalue weighted by atomic mass is 19.1. The molecule has 94 valence electrons. The molecule has 1 aromatic rings. The van der Waals surface area contributed by atoms with Gasteiger partial charge in [0.15, 0.2) is 0 Å². The molecule has 4 heteroatoms. The molecule has 0 spiro atoms. The van der Waals surface area contributed by atoms with E-state index in [9.17, 15) is 9.50 Å². The van der Waals surface area contributed by atoms with E-state index in [0.717, 1.165) is 5.56 Å². The molecule has 1 saturated heterocycles. The monoisotopic (exact) mass is 238 g/mol. The van der Waals surface area contributed by atoms with Crippen LogP contribution in [0.3, 0.4) is 0 Å². The van der Waals surface area contributed by atoms with Crippen LogP contribution in [0.2, 0.25) is 0 Å². The van der Waals surface area contributed by atoms with Gasteiger partial charge in [-0.3, -0.25) is 0 Å². The predicted molar refractivity (Wildman–Crippen MR) is 66.5 cm³/mol. The van der Waals surface area contributed by atoms with E-state index in [1.165, 1.54) is 6.07 Å². The predicted octanol–water partition coefficient (Wildman–Crippen LogP) is 1.81. The fourth-order valence-electron chi connectivity index (χ4n) is 2.32. The van der Waals surface area contributed by atoms with Crippen molar-refractivity contribution in [1.29, 1.82) is 0 Å². The Morgan fingerprint density at radius 2 is 2.06 bits per heavy atom. The van der Waals surface area contributed by atoms with Crippen LogP contribution in [0.5, 0.6) is 0 Å². The third-order valence-corrected chi connectivity index (χ3v) is 3.29. The van der Waals surface area contributed by atoms with Crippen molar-refractivity contribution in [3.63, 3.8) is 0 Å². The van der Waals surface area contributed by atoms with Gasteiger partial charge in [0.25, 0.3) is 0 Å². The molecule has 1 aromatic carbocycles. The summed E-state index contributed by atoms with van der Waals surface area (Å²) in [4.78, 5) is 1.99. The number of nitrogens with two attached hydrogens (primary N) is 1. The average Bonchev–Trinajstić information content (AvgIpc) is 2.30. The van der Waals surface area contributed by atoms with Crippen LogP contribution in [0.1, 0.15) is 31.4 Å². The van der Waals surface area contributed by atoms with Crippen molar-refractivity contribution >= 4 is 5.69 Å². The molecule has 0 amide bonds. The quantitative estimate of drug-likeness (QED) is 0.826. The number of hydrogen-bond donors (Lipinski definition) is 2. The molecule has 3 N–H and O–H groups in total. The molecule has 0 aromatic heterocycles. The number of aliphatic hydroxyl groups excluding tert-OH is 1. The maximum absolute atomic E-state index is 13.9. The van der Waals surface area contributed by atoms with Crippen molar-refractivity contribution in [2.75, 3.05) is 18.0 Å². The van der Waals surface area contributed by atoms with Gasteiger partial charge in [-0.25, -0.2) is 4.39 Å². The molecule has 2 rings (SSSR count). The number of piperidine rings is 1. The van der Waals surface area contributed by atoms with Crippen LogP contribution in [0.4, 0.5) is 10.1 Å². The van der Waals surface area contributed by atoms with Crippen LogP contribution >= 0.6 is 0 Å². The lowest BCUT2D eigenvalue weighted by Gasteiger charge is -2.33. The van der Waals surface area contributed by atoms with Gasteiger partial charge < -0.3 is 15.7 Å². The van der Waals surface area contributed by atoms with E-state index in [2.05, 4.69) is 0 Å². The Morgan fingerprint density at radius 3 is 2.65 bits per heavy atom. The highest BCUT2D eigenvalue weighted by Crippen LogP contribution is 2.30. The zero-order valence-corrected chi connectivity index (χ0v) is 10.1. The lowest BCUT2D eigenvalue weighted by atomic mass is 10.0. The Labute approximate surface area is 101 Å². The second kappa shape index (κ2) is 5.02. The second-order valence-electron chi connectivity index (χ2n) is 4.68. The normalized spacial score (nSPS) is 19.4. The van der Waals surface area contributed by atoms with Crippen molar-refractivity contribution in [3.8, 4) is 0 Å². The minimum absolute atomic E-state index is 0.187. The molecule has 1 aliphatic heterocycles. The number of anilines is 1. The fourth-order valence-corrected chi connectivity index (χ4v) is 2.32. The molecule has 0 radical (unpaired) electrons. The van der Waals surface area contributed by atoms with Crippen LogP contribution in [0.25, 0.3) is 0 Å². The Bertz CT molecular complexity index is 387. The van der Waals surface area contributed by atoms with Crippen molar-refractivity contribution in [2.45, 2.75) is 31.9 Å². The lowest BCUT2D eigenvalue weighted by molar-refractivity contribution is 0.145. The van der Waals surface area contributed by atoms with Crippen molar-refractivity contribution < 1.29 is 9.50 Å². The van der Waals surface area contributed by atoms with E-state index in [1.54, 1.807) is 6.07 Å². The highest BCUT2D eigenvalue weighted by Gasteiger charge is 2.22. The molecule has 0 aliphatic carbocycles. The Morgan fingerprint density at radius 1 is 1.41 bits per heavy atom. The number of benzene rings is 1. The van der Waals surface area contributed by atoms with E-state index < -0.39 is 0 Å². The summed E-state index contributed by atoms with van der Waals surface area (Å²) >= 11 is 0. The summed E-state index contributed by atoms with van der Waals surface area (Å²) in [5.41, 5.74) is 7.32. The summed E-state index contributed by atoms with van der Waals surface area (Å²) < 4.78 is 13.9. The van der Waals surface area contributed by atoms with Gasteiger partial charge in [0.1, 0.15) is 5.82 Å². The van der Waals surface area contributed by atoms with Crippen LogP contribution in [0.15, 0.2) is 18.2 Å². The number of hydrogen-bond acceptors (Lipinski definition) is 3. The molecular weight excluding hydrogens is 219 g/mol. The van der Waals surface area contributed by atoms with Crippen molar-refractivity contribution in [3.05, 3.63) is 29.6 Å². The van der Waals surface area contributed by atoms with Crippen molar-refractivity contribution in [1.82, 2.24) is 0 Å². The number of rotatable bonds is 2. The van der Waals surface area contributed by atoms with Crippen LogP contribution in [-0.2, 0) is 0 Å². The minimum Gasteiger partial charge on any atom is -0.393 e. The zero-order chi connectivity index (χ0) is 12.4. The topological polar surface area (TPSA) is 49.5 Å². The number of halogens is 1. The SMILES string of the molecule is CC(N)c1cccc(F)c1N1CCC(O)CC1. The molecule has 1 aliphatic rings. The average molecular weight is 238 g/mol. The highest BCUT2D eigenvalue weighted by molar-refractivity contribution is 5.56. The summed E-state index contributed by atoms with van der Waals surface area (Å²) in [6, 6.07) is 4.84. The summed E-state index contributed by atoms with van der Waals surface area (Å²) in [6.07, 6.45) is 1.12. The van der Waals surface area contributed by atoms with Gasteiger partial charge in [-0.05, 0) is 31.4 Å². The Hall–Kier alpha value is -1.13. The van der Waals surface area contributed by atoms with Crippen LogP contribution < -0.4 is 10.6 Å². The standard InChI is InChI=1S/C13H19FN2O/c1-9(15)11-3-2-4-12(14)13(11)16-7-5-10(17)6-8-16/h2-4,9-10,17H,5-8,15H2,1H3. The van der Waals surface area contributed by atoms with Gasteiger partial charge in [0.05, 0.1) is 11.8 Å². The summed E-state index contributed by atoms with van der Waals surface area (Å²) in [7, 11) is 0. The lowest BCUT2D eigenvalue weighted by Crippen LogP contribution is -2.37. The molecule has 3 nitrogen and oxygen atoms in total. The third kappa shape index (κ3) is 2.58. The Balaban J connectivity index is 2.30. The first-order valence-corrected chi connectivity index (χ1v) is 6.06. The van der Waals surface area contributed by atoms with E-state index in [-0.39, 0.29) is 18.0 Å². The molecule has 0 saturated carbocycles. The number of aliphatic hydroxyl groups is 1. The van der Waals surface area contributed by atoms with Gasteiger partial charge >= 0.3 is 0 Å². The van der Waals surface area contributed by atoms with Gasteiger partial charge in [-0.2, -0.15) is 0 Å². The first kappa shape index (κ1) is 12.3. The number of nitrogens with zero attached hydrogens (tertiary/aromatic N) is 1. The first-order valence-electron chi connectivity index (χ1n) is 6.06. The summed E-state index contributed by atoms with van der Waals surface area (Å²) in [5, 5.41) is 9.48. The molecule has 1 atom stereocenters. The third-order valence-electron chi connectivity index (χ3n) is 3.29. The van der Waals surface area contributed by atoms with Gasteiger partial charge in [0, 0.05) is 19.1 Å². The Kier molecular flexibility index (Phi) is 3.64. The minimum atomic E-state index is -0.253. The van der Waals surface area contributed by atoms with E-state index >= 15 is 0 Å². The maximum Gasteiger partial charge on any atom is 0.146 e. The molecular formula is C13H19FN2O. The van der Waals surface area contributed by atoms with Crippen LogP contribution in [-0.4, -0.2) is 24.3 Å². The molecule has 17 heavy (non-hydrogen) atoms. The maximum atomic E-state index is 13.9. The zero-order valence-electron chi connectivity index (χ0n) is 10.1. The van der Waals surface area contributed by atoms with Crippen molar-refractivity contribution in [2.24, 2.45) is 5.73 Å². The smallest absolute Gasteiger partial charge is 0.146 e. The fraction of sp³-hybridized carbons (Fsp3) is 0.538. The summed E-state index contributed by atoms with van der Waals surface area (Å²) in [6.45, 7) is 3.22.